The number of nitrogens with two attached hydrogens (primary N) is 1. The fourth-order valence-corrected chi connectivity index (χ4v) is 3.33. The minimum Gasteiger partial charge on any atom is -0.353 e. The quantitative estimate of drug-likeness (QED) is 0.654. The number of carbonyl (C=O) groups excluding carboxylic acids is 2. The Hall–Kier alpha value is -0.860. The molecule has 23 heavy (non-hydrogen) atoms. The van der Waals surface area contributed by atoms with Gasteiger partial charge in [0.25, 0.3) is 0 Å². The third-order valence-electron chi connectivity index (χ3n) is 3.58. The first-order chi connectivity index (χ1) is 10.2. The second-order valence-electron chi connectivity index (χ2n) is 5.06. The van der Waals surface area contributed by atoms with E-state index in [-0.39, 0.29) is 55.8 Å². The monoisotopic (exact) mass is 382 g/mol. The Labute approximate surface area is 153 Å². The first kappa shape index (κ1) is 22.1. The van der Waals surface area contributed by atoms with Gasteiger partial charge in [-0.2, -0.15) is 0 Å². The maximum absolute atomic E-state index is 11.8. The highest BCUT2D eigenvalue weighted by molar-refractivity contribution is 7.10. The van der Waals surface area contributed by atoms with E-state index in [1.54, 1.807) is 11.3 Å². The van der Waals surface area contributed by atoms with Crippen LogP contribution >= 0.6 is 36.2 Å². The van der Waals surface area contributed by atoms with Crippen molar-refractivity contribution < 1.29 is 9.59 Å². The van der Waals surface area contributed by atoms with Crippen LogP contribution in [0.4, 0.5) is 0 Å². The van der Waals surface area contributed by atoms with Crippen molar-refractivity contribution in [3.63, 3.8) is 0 Å². The van der Waals surface area contributed by atoms with Gasteiger partial charge in [0.2, 0.25) is 11.8 Å². The lowest BCUT2D eigenvalue weighted by molar-refractivity contribution is -0.125. The molecule has 1 aliphatic rings. The van der Waals surface area contributed by atoms with Crippen molar-refractivity contribution in [1.29, 1.82) is 0 Å². The maximum Gasteiger partial charge on any atom is 0.239 e. The summed E-state index contributed by atoms with van der Waals surface area (Å²) in [5.74, 6) is -0.503. The molecule has 1 saturated heterocycles. The van der Waals surface area contributed by atoms with Crippen molar-refractivity contribution in [2.24, 2.45) is 5.73 Å². The lowest BCUT2D eigenvalue weighted by Crippen LogP contribution is -2.42. The molecule has 1 fully saturated rings. The van der Waals surface area contributed by atoms with Gasteiger partial charge in [-0.1, -0.05) is 6.07 Å². The number of amides is 2. The molecule has 0 saturated carbocycles. The van der Waals surface area contributed by atoms with Crippen LogP contribution < -0.4 is 16.4 Å². The van der Waals surface area contributed by atoms with Crippen LogP contribution in [0.15, 0.2) is 17.5 Å². The first-order valence-corrected chi connectivity index (χ1v) is 8.09. The Balaban J connectivity index is 0.00000242. The van der Waals surface area contributed by atoms with E-state index in [9.17, 15) is 9.59 Å². The van der Waals surface area contributed by atoms with Crippen molar-refractivity contribution in [3.8, 4) is 0 Å². The number of hydrogen-bond acceptors (Lipinski definition) is 5. The van der Waals surface area contributed by atoms with Gasteiger partial charge in [-0.25, -0.2) is 0 Å². The zero-order chi connectivity index (χ0) is 15.1. The highest BCUT2D eigenvalue weighted by Gasteiger charge is 2.24. The molecular formula is C14H24Cl2N4O2S. The molecule has 0 bridgehead atoms. The van der Waals surface area contributed by atoms with Crippen molar-refractivity contribution in [2.45, 2.75) is 18.9 Å². The van der Waals surface area contributed by atoms with E-state index in [0.717, 1.165) is 13.1 Å². The fourth-order valence-electron chi connectivity index (χ4n) is 2.47. The zero-order valence-corrected chi connectivity index (χ0v) is 15.3. The van der Waals surface area contributed by atoms with Gasteiger partial charge in [0.15, 0.2) is 0 Å². The van der Waals surface area contributed by atoms with Crippen molar-refractivity contribution in [1.82, 2.24) is 15.5 Å². The highest BCUT2D eigenvalue weighted by atomic mass is 35.5. The van der Waals surface area contributed by atoms with Crippen LogP contribution in [0.2, 0.25) is 0 Å². The molecule has 0 spiro atoms. The number of likely N-dealkylation sites (tertiary alicyclic amines) is 1. The SMILES string of the molecule is Cl.Cl.NCC(=O)NCC(=O)NCC(c1cccs1)N1CCCC1. The summed E-state index contributed by atoms with van der Waals surface area (Å²) in [5.41, 5.74) is 5.18. The van der Waals surface area contributed by atoms with Crippen LogP contribution in [0, 0.1) is 0 Å². The normalized spacial score (nSPS) is 15.2. The van der Waals surface area contributed by atoms with Gasteiger partial charge in [-0.3, -0.25) is 14.5 Å². The molecule has 1 atom stereocenters. The van der Waals surface area contributed by atoms with Crippen LogP contribution in [-0.2, 0) is 9.59 Å². The molecule has 1 aromatic rings. The number of rotatable bonds is 7. The second kappa shape index (κ2) is 11.6. The summed E-state index contributed by atoms with van der Waals surface area (Å²) in [4.78, 5) is 26.5. The largest absolute Gasteiger partial charge is 0.353 e. The molecule has 0 radical (unpaired) electrons. The first-order valence-electron chi connectivity index (χ1n) is 7.21. The molecule has 2 heterocycles. The molecule has 1 aromatic heterocycles. The van der Waals surface area contributed by atoms with Crippen LogP contribution in [-0.4, -0.2) is 49.4 Å². The van der Waals surface area contributed by atoms with E-state index in [1.165, 1.54) is 17.7 Å². The van der Waals surface area contributed by atoms with Crippen LogP contribution in [0.25, 0.3) is 0 Å². The second-order valence-corrected chi connectivity index (χ2v) is 6.04. The van der Waals surface area contributed by atoms with Gasteiger partial charge in [-0.05, 0) is 37.4 Å². The third kappa shape index (κ3) is 7.05. The lowest BCUT2D eigenvalue weighted by atomic mass is 10.2. The Bertz CT molecular complexity index is 467. The van der Waals surface area contributed by atoms with Gasteiger partial charge in [0.1, 0.15) is 0 Å². The predicted octanol–water partition coefficient (Wildman–Crippen LogP) is 0.920. The van der Waals surface area contributed by atoms with Crippen molar-refractivity contribution >= 4 is 48.0 Å². The molecule has 0 aliphatic carbocycles. The summed E-state index contributed by atoms with van der Waals surface area (Å²) < 4.78 is 0. The Morgan fingerprint density at radius 2 is 1.91 bits per heavy atom. The van der Waals surface area contributed by atoms with E-state index in [0.29, 0.717) is 6.54 Å². The van der Waals surface area contributed by atoms with Gasteiger partial charge in [0.05, 0.1) is 19.1 Å². The minimum atomic E-state index is -0.320. The zero-order valence-electron chi connectivity index (χ0n) is 12.8. The number of nitrogens with zero attached hydrogens (tertiary/aromatic N) is 1. The molecule has 0 aromatic carbocycles. The van der Waals surface area contributed by atoms with Crippen molar-refractivity contribution in [2.75, 3.05) is 32.7 Å². The molecule has 9 heteroatoms. The summed E-state index contributed by atoms with van der Waals surface area (Å²) in [6.45, 7) is 2.59. The van der Waals surface area contributed by atoms with E-state index in [2.05, 4.69) is 27.0 Å². The summed E-state index contributed by atoms with van der Waals surface area (Å²) in [6.07, 6.45) is 2.42. The molecule has 6 nitrogen and oxygen atoms in total. The van der Waals surface area contributed by atoms with E-state index >= 15 is 0 Å². The molecule has 1 unspecified atom stereocenters. The fraction of sp³-hybridized carbons (Fsp3) is 0.571. The Morgan fingerprint density at radius 1 is 1.22 bits per heavy atom. The van der Waals surface area contributed by atoms with E-state index < -0.39 is 0 Å². The summed E-state index contributed by atoms with van der Waals surface area (Å²) in [7, 11) is 0. The smallest absolute Gasteiger partial charge is 0.239 e. The van der Waals surface area contributed by atoms with Gasteiger partial charge in [-0.15, -0.1) is 36.2 Å². The molecule has 2 rings (SSSR count). The molecular weight excluding hydrogens is 359 g/mol. The predicted molar refractivity (Wildman–Crippen MR) is 97.4 cm³/mol. The van der Waals surface area contributed by atoms with Crippen LogP contribution in [0.1, 0.15) is 23.8 Å². The van der Waals surface area contributed by atoms with Gasteiger partial charge in [0, 0.05) is 11.4 Å². The third-order valence-corrected chi connectivity index (χ3v) is 4.55. The number of halogens is 2. The minimum absolute atomic E-state index is 0. The average molecular weight is 383 g/mol. The van der Waals surface area contributed by atoms with Gasteiger partial charge >= 0.3 is 0 Å². The van der Waals surface area contributed by atoms with Crippen LogP contribution in [0.5, 0.6) is 0 Å². The number of thiophene rings is 1. The number of carbonyl (C=O) groups is 2. The standard InChI is InChI=1S/C14H22N4O2S.2ClH/c15-8-13(19)17-10-14(20)16-9-11(12-4-3-7-21-12)18-5-1-2-6-18;;/h3-4,7,11H,1-2,5-6,8-10,15H2,(H,16,20)(H,17,19);2*1H. The Kier molecular flexibility index (Phi) is 11.2. The Morgan fingerprint density at radius 3 is 2.48 bits per heavy atom. The summed E-state index contributed by atoms with van der Waals surface area (Å²) in [5, 5.41) is 7.43. The molecule has 4 N–H and O–H groups in total. The molecule has 132 valence electrons. The number of hydrogen-bond donors (Lipinski definition) is 3. The van der Waals surface area contributed by atoms with Crippen molar-refractivity contribution in [3.05, 3.63) is 22.4 Å². The van der Waals surface area contributed by atoms with E-state index in [1.807, 2.05) is 6.07 Å². The van der Waals surface area contributed by atoms with Crippen LogP contribution in [0.3, 0.4) is 0 Å². The highest BCUT2D eigenvalue weighted by Crippen LogP contribution is 2.27. The summed E-state index contributed by atoms with van der Waals surface area (Å²) in [6, 6.07) is 4.37. The van der Waals surface area contributed by atoms with Gasteiger partial charge < -0.3 is 16.4 Å². The lowest BCUT2D eigenvalue weighted by Gasteiger charge is -2.26. The van der Waals surface area contributed by atoms with E-state index in [4.69, 9.17) is 5.73 Å². The number of nitrogens with one attached hydrogen (secondary N) is 2. The maximum atomic E-state index is 11.8. The average Bonchev–Trinajstić information content (AvgIpc) is 3.18. The topological polar surface area (TPSA) is 87.5 Å². The molecule has 1 aliphatic heterocycles. The molecule has 2 amide bonds. The summed E-state index contributed by atoms with van der Waals surface area (Å²) >= 11 is 1.71.